The van der Waals surface area contributed by atoms with Crippen LogP contribution in [-0.4, -0.2) is 31.6 Å². The summed E-state index contributed by atoms with van der Waals surface area (Å²) in [6.07, 6.45) is 0.671. The Morgan fingerprint density at radius 1 is 1.30 bits per heavy atom. The highest BCUT2D eigenvalue weighted by Crippen LogP contribution is 2.34. The maximum Gasteiger partial charge on any atom is 0.286 e. The van der Waals surface area contributed by atoms with Crippen molar-refractivity contribution in [2.45, 2.75) is 6.42 Å². The van der Waals surface area contributed by atoms with Gasteiger partial charge in [0.05, 0.1) is 25.2 Å². The predicted octanol–water partition coefficient (Wildman–Crippen LogP) is 2.65. The Morgan fingerprint density at radius 3 is 2.57 bits per heavy atom. The summed E-state index contributed by atoms with van der Waals surface area (Å²) in [5, 5.41) is 15.8. The minimum absolute atomic E-state index is 0.0566. The Labute approximate surface area is 137 Å². The van der Waals surface area contributed by atoms with Crippen LogP contribution in [0.2, 0.25) is 0 Å². The second-order valence-electron chi connectivity index (χ2n) is 4.57. The molecule has 0 aliphatic rings. The summed E-state index contributed by atoms with van der Waals surface area (Å²) in [4.78, 5) is 24.0. The zero-order valence-corrected chi connectivity index (χ0v) is 13.5. The van der Waals surface area contributed by atoms with Gasteiger partial charge < -0.3 is 14.8 Å². The van der Waals surface area contributed by atoms with E-state index in [2.05, 4.69) is 5.32 Å². The van der Waals surface area contributed by atoms with Gasteiger partial charge in [0.25, 0.3) is 11.6 Å². The molecule has 1 aromatic heterocycles. The first-order valence-electron chi connectivity index (χ1n) is 6.77. The van der Waals surface area contributed by atoms with Crippen molar-refractivity contribution in [3.05, 3.63) is 50.2 Å². The van der Waals surface area contributed by atoms with Gasteiger partial charge in [-0.15, -0.1) is 11.3 Å². The average molecular weight is 336 g/mol. The molecule has 2 rings (SSSR count). The minimum atomic E-state index is -0.615. The fourth-order valence-electron chi connectivity index (χ4n) is 2.05. The molecule has 0 saturated carbocycles. The van der Waals surface area contributed by atoms with Crippen molar-refractivity contribution in [2.24, 2.45) is 0 Å². The molecule has 0 saturated heterocycles. The van der Waals surface area contributed by atoms with Gasteiger partial charge in [0.2, 0.25) is 0 Å². The highest BCUT2D eigenvalue weighted by Gasteiger charge is 2.24. The molecule has 23 heavy (non-hydrogen) atoms. The Hall–Kier alpha value is -2.61. The third kappa shape index (κ3) is 3.98. The Kier molecular flexibility index (Phi) is 5.53. The van der Waals surface area contributed by atoms with Crippen molar-refractivity contribution in [3.8, 4) is 11.5 Å². The fourth-order valence-corrected chi connectivity index (χ4v) is 2.76. The first-order chi connectivity index (χ1) is 11.1. The summed E-state index contributed by atoms with van der Waals surface area (Å²) >= 11 is 1.59. The van der Waals surface area contributed by atoms with Crippen LogP contribution in [0.15, 0.2) is 29.6 Å². The molecule has 0 spiro atoms. The van der Waals surface area contributed by atoms with E-state index in [9.17, 15) is 14.9 Å². The van der Waals surface area contributed by atoms with Crippen LogP contribution in [0.25, 0.3) is 0 Å². The topological polar surface area (TPSA) is 90.7 Å². The van der Waals surface area contributed by atoms with E-state index in [0.29, 0.717) is 13.0 Å². The molecule has 0 fully saturated rings. The molecule has 122 valence electrons. The van der Waals surface area contributed by atoms with Crippen LogP contribution in [0.4, 0.5) is 5.69 Å². The number of nitrogens with one attached hydrogen (secondary N) is 1. The molecule has 1 heterocycles. The maximum atomic E-state index is 12.3. The minimum Gasteiger partial charge on any atom is -0.493 e. The molecule has 0 aliphatic carbocycles. The van der Waals surface area contributed by atoms with E-state index in [-0.39, 0.29) is 22.7 Å². The fraction of sp³-hybridized carbons (Fsp3) is 0.267. The zero-order chi connectivity index (χ0) is 16.8. The molecule has 0 unspecified atom stereocenters. The van der Waals surface area contributed by atoms with Crippen molar-refractivity contribution in [1.29, 1.82) is 0 Å². The van der Waals surface area contributed by atoms with Gasteiger partial charge in [0, 0.05) is 17.5 Å². The lowest BCUT2D eigenvalue weighted by molar-refractivity contribution is -0.385. The van der Waals surface area contributed by atoms with Crippen molar-refractivity contribution in [3.63, 3.8) is 0 Å². The van der Waals surface area contributed by atoms with Crippen LogP contribution in [0.3, 0.4) is 0 Å². The molecule has 1 amide bonds. The third-order valence-electron chi connectivity index (χ3n) is 3.18. The summed E-state index contributed by atoms with van der Waals surface area (Å²) in [5.74, 6) is -0.0509. The lowest BCUT2D eigenvalue weighted by atomic mass is 10.1. The zero-order valence-electron chi connectivity index (χ0n) is 12.7. The van der Waals surface area contributed by atoms with Crippen LogP contribution < -0.4 is 14.8 Å². The number of benzene rings is 1. The van der Waals surface area contributed by atoms with Gasteiger partial charge in [-0.2, -0.15) is 0 Å². The van der Waals surface area contributed by atoms with Crippen LogP contribution in [0.5, 0.6) is 11.5 Å². The summed E-state index contributed by atoms with van der Waals surface area (Å²) < 4.78 is 10.1. The number of carbonyl (C=O) groups is 1. The highest BCUT2D eigenvalue weighted by molar-refractivity contribution is 7.09. The number of rotatable bonds is 7. The lowest BCUT2D eigenvalue weighted by Gasteiger charge is -2.10. The van der Waals surface area contributed by atoms with E-state index in [4.69, 9.17) is 9.47 Å². The number of nitro groups is 1. The van der Waals surface area contributed by atoms with Gasteiger partial charge >= 0.3 is 0 Å². The van der Waals surface area contributed by atoms with Crippen LogP contribution in [0.1, 0.15) is 15.2 Å². The first-order valence-corrected chi connectivity index (χ1v) is 7.65. The molecule has 0 aliphatic heterocycles. The third-order valence-corrected chi connectivity index (χ3v) is 4.12. The largest absolute Gasteiger partial charge is 0.493 e. The van der Waals surface area contributed by atoms with Gasteiger partial charge in [-0.1, -0.05) is 6.07 Å². The number of amides is 1. The number of nitrogens with zero attached hydrogens (tertiary/aromatic N) is 1. The second kappa shape index (κ2) is 7.59. The van der Waals surface area contributed by atoms with E-state index >= 15 is 0 Å². The normalized spacial score (nSPS) is 10.2. The average Bonchev–Trinajstić information content (AvgIpc) is 3.06. The molecule has 1 N–H and O–H groups in total. The van der Waals surface area contributed by atoms with Crippen molar-refractivity contribution in [2.75, 3.05) is 20.8 Å². The summed E-state index contributed by atoms with van der Waals surface area (Å²) in [5.41, 5.74) is -0.380. The van der Waals surface area contributed by atoms with Gasteiger partial charge in [-0.05, 0) is 17.9 Å². The van der Waals surface area contributed by atoms with Crippen molar-refractivity contribution < 1.29 is 19.2 Å². The molecule has 0 radical (unpaired) electrons. The van der Waals surface area contributed by atoms with Crippen molar-refractivity contribution >= 4 is 22.9 Å². The van der Waals surface area contributed by atoms with Gasteiger partial charge in [0.15, 0.2) is 11.5 Å². The first kappa shape index (κ1) is 16.8. The van der Waals surface area contributed by atoms with E-state index in [1.165, 1.54) is 26.4 Å². The Morgan fingerprint density at radius 2 is 2.00 bits per heavy atom. The maximum absolute atomic E-state index is 12.3. The number of ether oxygens (including phenoxy) is 2. The lowest BCUT2D eigenvalue weighted by Crippen LogP contribution is -2.26. The van der Waals surface area contributed by atoms with Gasteiger partial charge in [-0.25, -0.2) is 0 Å². The number of carbonyl (C=O) groups excluding carboxylic acids is 1. The molecule has 8 heteroatoms. The molecule has 0 atom stereocenters. The number of hydrogen-bond acceptors (Lipinski definition) is 6. The predicted molar refractivity (Wildman–Crippen MR) is 86.6 cm³/mol. The van der Waals surface area contributed by atoms with E-state index in [1.54, 1.807) is 11.3 Å². The van der Waals surface area contributed by atoms with Crippen LogP contribution in [-0.2, 0) is 6.42 Å². The molecule has 1 aromatic carbocycles. The molecule has 0 bridgehead atoms. The smallest absolute Gasteiger partial charge is 0.286 e. The molecule has 2 aromatic rings. The number of hydrogen-bond donors (Lipinski definition) is 1. The SMILES string of the molecule is COc1cc(C(=O)NCCc2cccs2)c([N+](=O)[O-])cc1OC. The standard InChI is InChI=1S/C15H16N2O5S/c1-21-13-8-11(12(17(19)20)9-14(13)22-2)15(18)16-6-5-10-4-3-7-23-10/h3-4,7-9H,5-6H2,1-2H3,(H,16,18). The monoisotopic (exact) mass is 336 g/mol. The molecular formula is C15H16N2O5S. The van der Waals surface area contributed by atoms with E-state index < -0.39 is 10.8 Å². The van der Waals surface area contributed by atoms with Gasteiger partial charge in [0.1, 0.15) is 5.56 Å². The number of thiophene rings is 1. The van der Waals surface area contributed by atoms with Crippen molar-refractivity contribution in [1.82, 2.24) is 5.32 Å². The summed E-state index contributed by atoms with van der Waals surface area (Å²) in [7, 11) is 2.78. The van der Waals surface area contributed by atoms with Crippen LogP contribution >= 0.6 is 11.3 Å². The second-order valence-corrected chi connectivity index (χ2v) is 5.60. The van der Waals surface area contributed by atoms with E-state index in [0.717, 1.165) is 4.88 Å². The van der Waals surface area contributed by atoms with E-state index in [1.807, 2.05) is 17.5 Å². The number of nitro benzene ring substituents is 1. The molecular weight excluding hydrogens is 320 g/mol. The molecule has 7 nitrogen and oxygen atoms in total. The summed E-state index contributed by atoms with van der Waals surface area (Å²) in [6, 6.07) is 6.40. The van der Waals surface area contributed by atoms with Gasteiger partial charge in [-0.3, -0.25) is 14.9 Å². The Bertz CT molecular complexity index is 700. The summed E-state index contributed by atoms with van der Waals surface area (Å²) in [6.45, 7) is 0.394. The quantitative estimate of drug-likeness (QED) is 0.620. The Balaban J connectivity index is 2.18. The highest BCUT2D eigenvalue weighted by atomic mass is 32.1. The van der Waals surface area contributed by atoms with Crippen LogP contribution in [0, 0.1) is 10.1 Å². The number of methoxy groups -OCH3 is 2.